The number of carbonyl (C=O) groups excluding carboxylic acids is 2. The van der Waals surface area contributed by atoms with Gasteiger partial charge in [-0.25, -0.2) is 23.5 Å². The zero-order valence-electron chi connectivity index (χ0n) is 40.1. The number of ether oxygens (including phenoxy) is 2. The van der Waals surface area contributed by atoms with Crippen LogP contribution in [0.25, 0.3) is 22.1 Å². The van der Waals surface area contributed by atoms with E-state index in [-0.39, 0.29) is 46.3 Å². The molecule has 5 aromatic rings. The minimum absolute atomic E-state index is 0.00689. The molecule has 358 valence electrons. The number of fused-ring (bicyclic) bond motifs is 2. The van der Waals surface area contributed by atoms with E-state index in [1.807, 2.05) is 56.9 Å². The fourth-order valence-corrected chi connectivity index (χ4v) is 10.9. The van der Waals surface area contributed by atoms with Crippen molar-refractivity contribution in [3.8, 4) is 0 Å². The molecule has 8 rings (SSSR count). The number of aromatic nitrogens is 4. The van der Waals surface area contributed by atoms with Gasteiger partial charge in [-0.15, -0.1) is 0 Å². The van der Waals surface area contributed by atoms with Gasteiger partial charge in [0.25, 0.3) is 0 Å². The molecule has 0 radical (unpaired) electrons. The van der Waals surface area contributed by atoms with Gasteiger partial charge in [-0.2, -0.15) is 0 Å². The fraction of sp³-hybridized carbons (Fsp3) is 0.510. The van der Waals surface area contributed by atoms with Crippen molar-refractivity contribution in [1.29, 1.82) is 0 Å². The van der Waals surface area contributed by atoms with Crippen molar-refractivity contribution in [2.45, 2.75) is 129 Å². The van der Waals surface area contributed by atoms with Crippen LogP contribution in [0.3, 0.4) is 0 Å². The first kappa shape index (κ1) is 47.7. The van der Waals surface area contributed by atoms with Crippen LogP contribution in [0.5, 0.6) is 0 Å². The summed E-state index contributed by atoms with van der Waals surface area (Å²) in [6.45, 7) is 19.5. The number of rotatable bonds is 13. The number of likely N-dealkylation sites (tertiary alicyclic amines) is 2. The van der Waals surface area contributed by atoms with E-state index in [9.17, 15) is 9.59 Å². The standard InChI is InChI=1S/C51H65F2N9O4S/c1-27(2)42(54-29(5)65-9)48(63)60-25-11-13-38(60)46-55-34-21-19-32(40(52)44(34)57-46)36-23-24-37(62(36)31-17-15-30(16-18-31)51(6,7)8)33-20-22-35-45(41(33)53)58-47(56-35)39-14-12-26-61(39)49(67)43(28(3)4)59-50(64)66-10/h15-22,27-28,36-39,42-43,54H,5,11-14,23-26H2,1-4,6-10H3,(H,55,57)(H,56,58)(H,59,64)/t36-,37+,38-,39-,42?,43-/m0/s1. The zero-order chi connectivity index (χ0) is 48.1. The van der Waals surface area contributed by atoms with Gasteiger partial charge in [0, 0.05) is 29.9 Å². The third-order valence-corrected chi connectivity index (χ3v) is 14.5. The number of aromatic amines is 2. The molecule has 0 saturated carbocycles. The van der Waals surface area contributed by atoms with Crippen molar-refractivity contribution in [2.24, 2.45) is 11.8 Å². The van der Waals surface area contributed by atoms with Crippen LogP contribution in [0.1, 0.15) is 139 Å². The lowest BCUT2D eigenvalue weighted by molar-refractivity contribution is -0.135. The van der Waals surface area contributed by atoms with Gasteiger partial charge in [0.1, 0.15) is 33.7 Å². The number of methoxy groups -OCH3 is 2. The van der Waals surface area contributed by atoms with E-state index in [4.69, 9.17) is 31.7 Å². The third-order valence-electron chi connectivity index (χ3n) is 14.0. The molecule has 2 amide bonds. The second-order valence-electron chi connectivity index (χ2n) is 20.0. The summed E-state index contributed by atoms with van der Waals surface area (Å²) in [5.41, 5.74) is 4.42. The molecular weight excluding hydrogens is 873 g/mol. The molecule has 0 bridgehead atoms. The molecule has 3 aromatic carbocycles. The van der Waals surface area contributed by atoms with Gasteiger partial charge < -0.3 is 44.8 Å². The van der Waals surface area contributed by atoms with Gasteiger partial charge in [0.05, 0.1) is 55.5 Å². The Labute approximate surface area is 397 Å². The molecule has 3 aliphatic heterocycles. The average Bonchev–Trinajstić information content (AvgIpc) is 4.15. The van der Waals surface area contributed by atoms with Gasteiger partial charge in [0.15, 0.2) is 17.5 Å². The highest BCUT2D eigenvalue weighted by Crippen LogP contribution is 2.49. The van der Waals surface area contributed by atoms with Crippen LogP contribution in [-0.2, 0) is 19.7 Å². The van der Waals surface area contributed by atoms with E-state index in [0.29, 0.717) is 77.0 Å². The Balaban J connectivity index is 1.12. The summed E-state index contributed by atoms with van der Waals surface area (Å²) in [5.74, 6) is 0.474. The smallest absolute Gasteiger partial charge is 0.407 e. The number of benzene rings is 3. The quantitative estimate of drug-likeness (QED) is 0.0665. The van der Waals surface area contributed by atoms with E-state index >= 15 is 8.78 Å². The van der Waals surface area contributed by atoms with Crippen molar-refractivity contribution in [2.75, 3.05) is 32.2 Å². The molecule has 3 fully saturated rings. The Morgan fingerprint density at radius 1 is 0.731 bits per heavy atom. The highest BCUT2D eigenvalue weighted by atomic mass is 32.1. The van der Waals surface area contributed by atoms with Crippen LogP contribution in [-0.4, -0.2) is 86.1 Å². The van der Waals surface area contributed by atoms with E-state index in [0.717, 1.165) is 30.5 Å². The molecule has 4 N–H and O–H groups in total. The predicted molar refractivity (Wildman–Crippen MR) is 261 cm³/mol. The number of thiocarbonyl (C=S) groups is 1. The van der Waals surface area contributed by atoms with E-state index in [2.05, 4.69) is 82.0 Å². The van der Waals surface area contributed by atoms with Crippen LogP contribution >= 0.6 is 12.2 Å². The summed E-state index contributed by atoms with van der Waals surface area (Å²) in [4.78, 5) is 49.4. The average molecular weight is 938 g/mol. The number of carbonyl (C=O) groups is 2. The Bertz CT molecular complexity index is 2510. The first-order valence-electron chi connectivity index (χ1n) is 23.6. The highest BCUT2D eigenvalue weighted by molar-refractivity contribution is 7.80. The maximum absolute atomic E-state index is 17.3. The predicted octanol–water partition coefficient (Wildman–Crippen LogP) is 10.3. The SMILES string of the molecule is C=C(NC(C(=O)N1CCC[C@H]1c1nc2c(F)c([C@@H]3CC[C@H](c4ccc5[nH]c([C@@H]6CCCN6C(=S)[C@@H](NC(=O)OC)C(C)C)nc5c4F)N3c3ccc(C(C)(C)C)cc3)ccc2[nH]1)C(C)C)OC. The Morgan fingerprint density at radius 2 is 1.24 bits per heavy atom. The van der Waals surface area contributed by atoms with E-state index in [1.165, 1.54) is 14.2 Å². The largest absolute Gasteiger partial charge is 0.483 e. The molecule has 67 heavy (non-hydrogen) atoms. The minimum atomic E-state index is -0.553. The Morgan fingerprint density at radius 3 is 1.72 bits per heavy atom. The van der Waals surface area contributed by atoms with Crippen LogP contribution in [0, 0.1) is 23.5 Å². The molecule has 0 spiro atoms. The van der Waals surface area contributed by atoms with Crippen molar-refractivity contribution < 1.29 is 27.8 Å². The normalized spacial score (nSPS) is 20.9. The minimum Gasteiger partial charge on any atom is -0.483 e. The topological polar surface area (TPSA) is 144 Å². The van der Waals surface area contributed by atoms with Crippen LogP contribution in [0.15, 0.2) is 61.0 Å². The summed E-state index contributed by atoms with van der Waals surface area (Å²) in [7, 11) is 2.84. The molecule has 0 aliphatic carbocycles. The monoisotopic (exact) mass is 937 g/mol. The number of amides is 2. The number of anilines is 1. The van der Waals surface area contributed by atoms with Crippen molar-refractivity contribution in [1.82, 2.24) is 40.4 Å². The van der Waals surface area contributed by atoms with Gasteiger partial charge in [-0.3, -0.25) is 4.79 Å². The summed E-state index contributed by atoms with van der Waals surface area (Å²) < 4.78 is 44.7. The summed E-state index contributed by atoms with van der Waals surface area (Å²) in [6, 6.07) is 13.2. The maximum atomic E-state index is 17.3. The van der Waals surface area contributed by atoms with Crippen molar-refractivity contribution in [3.05, 3.63) is 101 Å². The van der Waals surface area contributed by atoms with Gasteiger partial charge in [0.2, 0.25) is 5.91 Å². The molecule has 3 saturated heterocycles. The summed E-state index contributed by atoms with van der Waals surface area (Å²) >= 11 is 5.98. The fourth-order valence-electron chi connectivity index (χ4n) is 10.3. The van der Waals surface area contributed by atoms with Crippen LogP contribution in [0.4, 0.5) is 19.3 Å². The number of hydrogen-bond acceptors (Lipinski definition) is 9. The van der Waals surface area contributed by atoms with E-state index < -0.39 is 41.9 Å². The molecular formula is C51H65F2N9O4S. The molecule has 13 nitrogen and oxygen atoms in total. The molecule has 5 heterocycles. The lowest BCUT2D eigenvalue weighted by atomic mass is 9.87. The highest BCUT2D eigenvalue weighted by Gasteiger charge is 2.42. The lowest BCUT2D eigenvalue weighted by Crippen LogP contribution is -2.50. The van der Waals surface area contributed by atoms with Gasteiger partial charge in [-0.05, 0) is 92.2 Å². The third kappa shape index (κ3) is 9.17. The van der Waals surface area contributed by atoms with Crippen molar-refractivity contribution in [3.63, 3.8) is 0 Å². The second kappa shape index (κ2) is 19.1. The Kier molecular flexibility index (Phi) is 13.6. The van der Waals surface area contributed by atoms with Gasteiger partial charge >= 0.3 is 6.09 Å². The molecule has 1 unspecified atom stereocenters. The van der Waals surface area contributed by atoms with E-state index in [1.54, 1.807) is 0 Å². The number of hydrogen-bond donors (Lipinski definition) is 4. The number of alkyl carbamates (subject to hydrolysis) is 1. The molecule has 6 atom stereocenters. The first-order chi connectivity index (χ1) is 31.9. The molecule has 2 aromatic heterocycles. The molecule has 3 aliphatic rings. The summed E-state index contributed by atoms with van der Waals surface area (Å²) in [6.07, 6.45) is 3.64. The molecule has 16 heteroatoms. The second-order valence-corrected chi connectivity index (χ2v) is 20.4. The number of nitrogens with one attached hydrogen (secondary N) is 4. The number of halogens is 2. The number of nitrogens with zero attached hydrogens (tertiary/aromatic N) is 5. The van der Waals surface area contributed by atoms with Crippen LogP contribution < -0.4 is 15.5 Å². The summed E-state index contributed by atoms with van der Waals surface area (Å²) in [5, 5.41) is 6.01. The zero-order valence-corrected chi connectivity index (χ0v) is 41.0. The first-order valence-corrected chi connectivity index (χ1v) is 24.0. The Hall–Kier alpha value is -5.77. The maximum Gasteiger partial charge on any atom is 0.407 e. The lowest BCUT2D eigenvalue weighted by Gasteiger charge is -2.34. The number of H-pyrrole nitrogens is 2. The van der Waals surface area contributed by atoms with Gasteiger partial charge in [-0.1, -0.05) is 84.9 Å². The van der Waals surface area contributed by atoms with Crippen molar-refractivity contribution >= 4 is 57.0 Å². The van der Waals surface area contributed by atoms with Crippen LogP contribution in [0.2, 0.25) is 0 Å². The number of imidazole rings is 2.